The number of hydrogen-bond donors (Lipinski definition) is 1. The van der Waals surface area contributed by atoms with Gasteiger partial charge in [-0.1, -0.05) is 200 Å². The molecule has 0 aromatic rings. The summed E-state index contributed by atoms with van der Waals surface area (Å²) < 4.78 is 10.3. The van der Waals surface area contributed by atoms with Crippen LogP contribution in [0.15, 0.2) is 0 Å². The summed E-state index contributed by atoms with van der Waals surface area (Å²) in [6, 6.07) is 0. The third-order valence-electron chi connectivity index (χ3n) is 9.09. The molecule has 0 unspecified atom stereocenters. The Morgan fingerprint density at radius 3 is 0.800 bits per heavy atom. The Balaban J connectivity index is 3.37. The molecule has 0 aromatic carbocycles. The zero-order valence-corrected chi connectivity index (χ0v) is 30.4. The molecule has 0 saturated heterocycles. The van der Waals surface area contributed by atoms with Crippen LogP contribution >= 0.6 is 0 Å². The van der Waals surface area contributed by atoms with Crippen LogP contribution in [-0.4, -0.2) is 36.4 Å². The van der Waals surface area contributed by atoms with Gasteiger partial charge in [-0.25, -0.2) is 0 Å². The molecule has 0 bridgehead atoms. The lowest BCUT2D eigenvalue weighted by Gasteiger charge is -2.12. The molecule has 0 aliphatic carbocycles. The zero-order valence-electron chi connectivity index (χ0n) is 30.4. The van der Waals surface area contributed by atoms with Crippen molar-refractivity contribution in [3.8, 4) is 0 Å². The largest absolute Gasteiger partial charge is 0.463 e. The lowest BCUT2D eigenvalue weighted by molar-refractivity contribution is -0.152. The van der Waals surface area contributed by atoms with E-state index >= 15 is 0 Å². The molecule has 0 aliphatic heterocycles. The highest BCUT2D eigenvalue weighted by atomic mass is 16.6. The molecule has 0 aliphatic rings. The van der Waals surface area contributed by atoms with E-state index in [0.717, 1.165) is 25.7 Å². The van der Waals surface area contributed by atoms with Gasteiger partial charge in [0.05, 0.1) is 0 Å². The molecule has 268 valence electrons. The van der Waals surface area contributed by atoms with Crippen molar-refractivity contribution in [3.05, 3.63) is 0 Å². The van der Waals surface area contributed by atoms with Crippen molar-refractivity contribution >= 4 is 11.9 Å². The van der Waals surface area contributed by atoms with Gasteiger partial charge in [0.15, 0.2) is 0 Å². The maximum Gasteiger partial charge on any atom is 0.305 e. The summed E-state index contributed by atoms with van der Waals surface area (Å²) in [5, 5.41) is 10.0. The first-order chi connectivity index (χ1) is 22.1. The van der Waals surface area contributed by atoms with Gasteiger partial charge in [-0.15, -0.1) is 0 Å². The standard InChI is InChI=1S/C40H78O5/c1-3-5-7-9-11-13-15-17-19-21-23-25-27-29-31-33-35-40(43)45-37-38(41)36-44-39(42)34-32-30-28-26-24-22-20-18-16-14-12-10-8-6-4-2/h38,41H,3-37H2,1-2H3/t38-/m0/s1. The summed E-state index contributed by atoms with van der Waals surface area (Å²) in [5.41, 5.74) is 0. The Morgan fingerprint density at radius 2 is 0.578 bits per heavy atom. The van der Waals surface area contributed by atoms with Gasteiger partial charge in [0, 0.05) is 12.8 Å². The predicted octanol–water partition coefficient (Wildman–Crippen LogP) is 12.3. The van der Waals surface area contributed by atoms with Crippen LogP contribution in [0.3, 0.4) is 0 Å². The Morgan fingerprint density at radius 1 is 0.378 bits per heavy atom. The van der Waals surface area contributed by atoms with Crippen LogP contribution in [0.2, 0.25) is 0 Å². The highest BCUT2D eigenvalue weighted by Crippen LogP contribution is 2.15. The van der Waals surface area contributed by atoms with Gasteiger partial charge < -0.3 is 14.6 Å². The van der Waals surface area contributed by atoms with Crippen LogP contribution in [-0.2, 0) is 19.1 Å². The first kappa shape index (κ1) is 43.9. The highest BCUT2D eigenvalue weighted by molar-refractivity contribution is 5.69. The van der Waals surface area contributed by atoms with E-state index in [1.54, 1.807) is 0 Å². The van der Waals surface area contributed by atoms with Gasteiger partial charge in [0.25, 0.3) is 0 Å². The summed E-state index contributed by atoms with van der Waals surface area (Å²) >= 11 is 0. The molecule has 0 rings (SSSR count). The SMILES string of the molecule is CCCCCCCCCCCCCCCCCCC(=O)OC[C@@H](O)COC(=O)CCCCCCCCCCCCCCCCC. The number of esters is 2. The number of rotatable bonds is 37. The summed E-state index contributed by atoms with van der Waals surface area (Å²) in [7, 11) is 0. The monoisotopic (exact) mass is 639 g/mol. The number of hydrogen-bond acceptors (Lipinski definition) is 5. The maximum absolute atomic E-state index is 12.0. The van der Waals surface area contributed by atoms with Gasteiger partial charge in [0.1, 0.15) is 19.3 Å². The molecule has 0 spiro atoms. The van der Waals surface area contributed by atoms with Crippen molar-refractivity contribution < 1.29 is 24.2 Å². The smallest absolute Gasteiger partial charge is 0.305 e. The fraction of sp³-hybridized carbons (Fsp3) is 0.950. The highest BCUT2D eigenvalue weighted by Gasteiger charge is 2.12. The van der Waals surface area contributed by atoms with Crippen LogP contribution in [0.1, 0.15) is 226 Å². The number of carbonyl (C=O) groups is 2. The summed E-state index contributed by atoms with van der Waals surface area (Å²) in [5.74, 6) is -0.549. The molecule has 45 heavy (non-hydrogen) atoms. The molecule has 1 N–H and O–H groups in total. The minimum Gasteiger partial charge on any atom is -0.463 e. The maximum atomic E-state index is 12.0. The average molecular weight is 639 g/mol. The molecule has 0 amide bonds. The van der Waals surface area contributed by atoms with Crippen LogP contribution < -0.4 is 0 Å². The van der Waals surface area contributed by atoms with Crippen molar-refractivity contribution in [2.24, 2.45) is 0 Å². The zero-order chi connectivity index (χ0) is 32.9. The Bertz CT molecular complexity index is 607. The average Bonchev–Trinajstić information content (AvgIpc) is 3.04. The van der Waals surface area contributed by atoms with Gasteiger partial charge in [-0.2, -0.15) is 0 Å². The van der Waals surface area contributed by atoms with E-state index in [4.69, 9.17) is 9.47 Å². The van der Waals surface area contributed by atoms with Crippen molar-refractivity contribution in [2.45, 2.75) is 232 Å². The van der Waals surface area contributed by atoms with E-state index < -0.39 is 6.10 Å². The summed E-state index contributed by atoms with van der Waals surface area (Å²) in [6.45, 7) is 4.33. The lowest BCUT2D eigenvalue weighted by Crippen LogP contribution is -2.25. The Hall–Kier alpha value is -1.10. The minimum absolute atomic E-state index is 0.107. The second-order valence-electron chi connectivity index (χ2n) is 13.8. The van der Waals surface area contributed by atoms with E-state index in [9.17, 15) is 14.7 Å². The number of carbonyl (C=O) groups excluding carboxylic acids is 2. The number of ether oxygens (including phenoxy) is 2. The van der Waals surface area contributed by atoms with Crippen LogP contribution in [0.25, 0.3) is 0 Å². The number of unbranched alkanes of at least 4 members (excludes halogenated alkanes) is 29. The van der Waals surface area contributed by atoms with Gasteiger partial charge in [-0.3, -0.25) is 9.59 Å². The van der Waals surface area contributed by atoms with Crippen LogP contribution in [0.4, 0.5) is 0 Å². The van der Waals surface area contributed by atoms with E-state index in [1.807, 2.05) is 0 Å². The van der Waals surface area contributed by atoms with E-state index in [0.29, 0.717) is 12.8 Å². The molecule has 0 aromatic heterocycles. The summed E-state index contributed by atoms with van der Waals surface area (Å²) in [4.78, 5) is 23.9. The number of aliphatic hydroxyl groups excluding tert-OH is 1. The van der Waals surface area contributed by atoms with Crippen LogP contribution in [0.5, 0.6) is 0 Å². The third-order valence-corrected chi connectivity index (χ3v) is 9.09. The topological polar surface area (TPSA) is 72.8 Å². The van der Waals surface area contributed by atoms with Crippen molar-refractivity contribution in [2.75, 3.05) is 13.2 Å². The predicted molar refractivity (Wildman–Crippen MR) is 192 cm³/mol. The van der Waals surface area contributed by atoms with Gasteiger partial charge >= 0.3 is 11.9 Å². The van der Waals surface area contributed by atoms with Gasteiger partial charge in [-0.05, 0) is 12.8 Å². The molecule has 0 saturated carbocycles. The summed E-state index contributed by atoms with van der Waals surface area (Å²) in [6.07, 6.45) is 40.1. The first-order valence-corrected chi connectivity index (χ1v) is 20.1. The van der Waals surface area contributed by atoms with E-state index in [1.165, 1.54) is 173 Å². The second kappa shape index (κ2) is 37.4. The molecule has 0 fully saturated rings. The van der Waals surface area contributed by atoms with E-state index in [2.05, 4.69) is 13.8 Å². The van der Waals surface area contributed by atoms with Gasteiger partial charge in [0.2, 0.25) is 0 Å². The third kappa shape index (κ3) is 37.2. The first-order valence-electron chi connectivity index (χ1n) is 20.1. The Labute approximate surface area is 280 Å². The molecular formula is C40H78O5. The molecular weight excluding hydrogens is 560 g/mol. The molecule has 0 heterocycles. The lowest BCUT2D eigenvalue weighted by atomic mass is 10.0. The second-order valence-corrected chi connectivity index (χ2v) is 13.8. The minimum atomic E-state index is -0.954. The molecule has 1 atom stereocenters. The van der Waals surface area contributed by atoms with Crippen molar-refractivity contribution in [1.82, 2.24) is 0 Å². The van der Waals surface area contributed by atoms with Crippen molar-refractivity contribution in [1.29, 1.82) is 0 Å². The fourth-order valence-electron chi connectivity index (χ4n) is 6.03. The molecule has 0 radical (unpaired) electrons. The van der Waals surface area contributed by atoms with E-state index in [-0.39, 0.29) is 25.2 Å². The quantitative estimate of drug-likeness (QED) is 0.0541. The molecule has 5 nitrogen and oxygen atoms in total. The fourth-order valence-corrected chi connectivity index (χ4v) is 6.03. The normalized spacial score (nSPS) is 12.0. The van der Waals surface area contributed by atoms with Crippen molar-refractivity contribution in [3.63, 3.8) is 0 Å². The molecule has 5 heteroatoms. The Kier molecular flexibility index (Phi) is 36.4. The van der Waals surface area contributed by atoms with Crippen LogP contribution in [0, 0.1) is 0 Å². The number of aliphatic hydroxyl groups is 1.